The van der Waals surface area contributed by atoms with Gasteiger partial charge >= 0.3 is 6.03 Å². The maximum absolute atomic E-state index is 12.2. The van der Waals surface area contributed by atoms with Crippen LogP contribution in [0.4, 0.5) is 10.5 Å². The monoisotopic (exact) mass is 383 g/mol. The van der Waals surface area contributed by atoms with Crippen LogP contribution in [0.1, 0.15) is 11.1 Å². The number of amides is 2. The number of benzene rings is 2. The van der Waals surface area contributed by atoms with Gasteiger partial charge in [0.1, 0.15) is 0 Å². The van der Waals surface area contributed by atoms with Gasteiger partial charge in [0.15, 0.2) is 0 Å². The van der Waals surface area contributed by atoms with Gasteiger partial charge in [0.2, 0.25) is 0 Å². The van der Waals surface area contributed by atoms with Gasteiger partial charge in [-0.3, -0.25) is 10.1 Å². The van der Waals surface area contributed by atoms with Crippen molar-refractivity contribution in [3.63, 3.8) is 0 Å². The van der Waals surface area contributed by atoms with E-state index in [4.69, 9.17) is 0 Å². The number of hydrogen-bond donors (Lipinski definition) is 3. The fourth-order valence-electron chi connectivity index (χ4n) is 3.09. The SMILES string of the molecule is Cc1ccc(NC(=O)NCc2cccc(-c3[nH]ncc3-c3ccncc3)c2)cc1. The standard InChI is InChI=1S/C23H21N5O/c1-16-5-7-20(8-6-16)27-23(29)25-14-17-3-2-4-19(13-17)22-21(15-26-28-22)18-9-11-24-12-10-18/h2-13,15H,14H2,1H3,(H,26,28)(H2,25,27,29). The quantitative estimate of drug-likeness (QED) is 0.464. The molecule has 3 N–H and O–H groups in total. The summed E-state index contributed by atoms with van der Waals surface area (Å²) in [7, 11) is 0. The van der Waals surface area contributed by atoms with Gasteiger partial charge in [-0.1, -0.05) is 35.9 Å². The van der Waals surface area contributed by atoms with Crippen LogP contribution in [0.2, 0.25) is 0 Å². The highest BCUT2D eigenvalue weighted by Crippen LogP contribution is 2.30. The summed E-state index contributed by atoms with van der Waals surface area (Å²) in [6.45, 7) is 2.43. The highest BCUT2D eigenvalue weighted by atomic mass is 16.2. The van der Waals surface area contributed by atoms with Crippen LogP contribution in [0.25, 0.3) is 22.4 Å². The molecule has 0 aliphatic rings. The average molecular weight is 383 g/mol. The van der Waals surface area contributed by atoms with Gasteiger partial charge in [0, 0.05) is 35.8 Å². The zero-order valence-electron chi connectivity index (χ0n) is 16.0. The second-order valence-corrected chi connectivity index (χ2v) is 6.77. The Morgan fingerprint density at radius 2 is 1.79 bits per heavy atom. The summed E-state index contributed by atoms with van der Waals surface area (Å²) in [5.74, 6) is 0. The molecule has 0 aliphatic carbocycles. The third-order valence-electron chi connectivity index (χ3n) is 4.61. The summed E-state index contributed by atoms with van der Waals surface area (Å²) >= 11 is 0. The molecule has 2 aromatic carbocycles. The number of aromatic nitrogens is 3. The fraction of sp³-hybridized carbons (Fsp3) is 0.0870. The summed E-state index contributed by atoms with van der Waals surface area (Å²) in [6.07, 6.45) is 5.34. The number of hydrogen-bond acceptors (Lipinski definition) is 3. The van der Waals surface area contributed by atoms with E-state index in [-0.39, 0.29) is 6.03 Å². The number of nitrogens with zero attached hydrogens (tertiary/aromatic N) is 2. The molecule has 4 aromatic rings. The van der Waals surface area contributed by atoms with Crippen LogP contribution in [-0.2, 0) is 6.54 Å². The van der Waals surface area contributed by atoms with E-state index in [9.17, 15) is 4.79 Å². The molecule has 0 saturated heterocycles. The number of H-pyrrole nitrogens is 1. The number of aryl methyl sites for hydroxylation is 1. The molecule has 4 rings (SSSR count). The number of carbonyl (C=O) groups excluding carboxylic acids is 1. The van der Waals surface area contributed by atoms with E-state index in [0.29, 0.717) is 6.54 Å². The molecular formula is C23H21N5O. The molecule has 0 bridgehead atoms. The molecular weight excluding hydrogens is 362 g/mol. The van der Waals surface area contributed by atoms with Crippen LogP contribution in [-0.4, -0.2) is 21.2 Å². The summed E-state index contributed by atoms with van der Waals surface area (Å²) < 4.78 is 0. The number of rotatable bonds is 5. The van der Waals surface area contributed by atoms with Crippen molar-refractivity contribution in [1.29, 1.82) is 0 Å². The van der Waals surface area contributed by atoms with Crippen molar-refractivity contribution >= 4 is 11.7 Å². The molecule has 6 nitrogen and oxygen atoms in total. The molecule has 2 amide bonds. The molecule has 0 unspecified atom stereocenters. The number of pyridine rings is 1. The minimum absolute atomic E-state index is 0.238. The van der Waals surface area contributed by atoms with Crippen molar-refractivity contribution < 1.29 is 4.79 Å². The molecule has 29 heavy (non-hydrogen) atoms. The van der Waals surface area contributed by atoms with Crippen molar-refractivity contribution in [3.8, 4) is 22.4 Å². The van der Waals surface area contributed by atoms with Crippen LogP contribution in [0, 0.1) is 6.92 Å². The number of urea groups is 1. The van der Waals surface area contributed by atoms with Crippen LogP contribution in [0.3, 0.4) is 0 Å². The van der Waals surface area contributed by atoms with E-state index >= 15 is 0 Å². The summed E-state index contributed by atoms with van der Waals surface area (Å²) in [5.41, 5.74) is 6.91. The zero-order valence-corrected chi connectivity index (χ0v) is 16.0. The first-order valence-electron chi connectivity index (χ1n) is 9.33. The average Bonchev–Trinajstić information content (AvgIpc) is 3.25. The van der Waals surface area contributed by atoms with E-state index in [1.807, 2.05) is 73.8 Å². The van der Waals surface area contributed by atoms with Crippen LogP contribution >= 0.6 is 0 Å². The predicted octanol–water partition coefficient (Wildman–Crippen LogP) is 4.77. The van der Waals surface area contributed by atoms with Crippen molar-refractivity contribution in [3.05, 3.63) is 90.4 Å². The molecule has 0 fully saturated rings. The zero-order chi connectivity index (χ0) is 20.1. The Morgan fingerprint density at radius 1 is 1.00 bits per heavy atom. The van der Waals surface area contributed by atoms with Gasteiger partial charge in [0.25, 0.3) is 0 Å². The van der Waals surface area contributed by atoms with E-state index in [2.05, 4.69) is 25.8 Å². The van der Waals surface area contributed by atoms with Gasteiger partial charge in [-0.25, -0.2) is 4.79 Å². The Balaban J connectivity index is 1.45. The van der Waals surface area contributed by atoms with Crippen LogP contribution < -0.4 is 10.6 Å². The number of nitrogens with one attached hydrogen (secondary N) is 3. The lowest BCUT2D eigenvalue weighted by molar-refractivity contribution is 0.251. The largest absolute Gasteiger partial charge is 0.334 e. The Hall–Kier alpha value is -3.93. The first-order valence-corrected chi connectivity index (χ1v) is 9.33. The summed E-state index contributed by atoms with van der Waals surface area (Å²) in [6, 6.07) is 19.4. The van der Waals surface area contributed by atoms with Crippen LogP contribution in [0.15, 0.2) is 79.3 Å². The predicted molar refractivity (Wildman–Crippen MR) is 114 cm³/mol. The third kappa shape index (κ3) is 4.50. The summed E-state index contributed by atoms with van der Waals surface area (Å²) in [5, 5.41) is 13.0. The lowest BCUT2D eigenvalue weighted by Gasteiger charge is -2.09. The van der Waals surface area contributed by atoms with Gasteiger partial charge in [-0.15, -0.1) is 0 Å². The normalized spacial score (nSPS) is 10.5. The molecule has 2 heterocycles. The smallest absolute Gasteiger partial charge is 0.319 e. The second-order valence-electron chi connectivity index (χ2n) is 6.77. The van der Waals surface area contributed by atoms with Gasteiger partial charge in [0.05, 0.1) is 11.9 Å². The summed E-state index contributed by atoms with van der Waals surface area (Å²) in [4.78, 5) is 16.2. The molecule has 0 spiro atoms. The molecule has 0 atom stereocenters. The van der Waals surface area contributed by atoms with E-state index < -0.39 is 0 Å². The first kappa shape index (κ1) is 18.4. The maximum Gasteiger partial charge on any atom is 0.319 e. The minimum Gasteiger partial charge on any atom is -0.334 e. The first-order chi connectivity index (χ1) is 14.2. The number of aromatic amines is 1. The Bertz CT molecular complexity index is 1100. The van der Waals surface area contributed by atoms with Crippen molar-refractivity contribution in [2.45, 2.75) is 13.5 Å². The molecule has 0 aliphatic heterocycles. The molecule has 0 radical (unpaired) electrons. The third-order valence-corrected chi connectivity index (χ3v) is 4.61. The van der Waals surface area contributed by atoms with E-state index in [1.54, 1.807) is 12.4 Å². The van der Waals surface area contributed by atoms with Crippen molar-refractivity contribution in [2.75, 3.05) is 5.32 Å². The lowest BCUT2D eigenvalue weighted by Crippen LogP contribution is -2.28. The Labute approximate surface area is 169 Å². The number of carbonyl (C=O) groups is 1. The molecule has 144 valence electrons. The molecule has 0 saturated carbocycles. The maximum atomic E-state index is 12.2. The van der Waals surface area contributed by atoms with Crippen molar-refractivity contribution in [2.24, 2.45) is 0 Å². The van der Waals surface area contributed by atoms with Gasteiger partial charge in [-0.2, -0.15) is 5.10 Å². The van der Waals surface area contributed by atoms with E-state index in [0.717, 1.165) is 39.2 Å². The molecule has 2 aromatic heterocycles. The van der Waals surface area contributed by atoms with Gasteiger partial charge < -0.3 is 10.6 Å². The lowest BCUT2D eigenvalue weighted by atomic mass is 10.0. The van der Waals surface area contributed by atoms with Crippen molar-refractivity contribution in [1.82, 2.24) is 20.5 Å². The second kappa shape index (κ2) is 8.39. The Morgan fingerprint density at radius 3 is 2.59 bits per heavy atom. The van der Waals surface area contributed by atoms with Crippen LogP contribution in [0.5, 0.6) is 0 Å². The molecule has 6 heteroatoms. The Kier molecular flexibility index (Phi) is 5.33. The fourth-order valence-corrected chi connectivity index (χ4v) is 3.09. The minimum atomic E-state index is -0.238. The van der Waals surface area contributed by atoms with Gasteiger partial charge in [-0.05, 0) is 48.4 Å². The highest BCUT2D eigenvalue weighted by Gasteiger charge is 2.10. The van der Waals surface area contributed by atoms with E-state index in [1.165, 1.54) is 0 Å². The highest BCUT2D eigenvalue weighted by molar-refractivity contribution is 5.89. The number of anilines is 1. The topological polar surface area (TPSA) is 82.7 Å².